The molecule has 2 unspecified atom stereocenters. The van der Waals surface area contributed by atoms with Gasteiger partial charge < -0.3 is 15.1 Å². The monoisotopic (exact) mass is 453 g/mol. The second-order valence-corrected chi connectivity index (χ2v) is 7.81. The Balaban J connectivity index is 2.25. The number of rotatable bonds is 4. The number of carbonyl (C=O) groups excluding carboxylic acids is 2. The fourth-order valence-corrected chi connectivity index (χ4v) is 3.72. The molecule has 164 valence electrons. The highest BCUT2D eigenvalue weighted by molar-refractivity contribution is 6.46. The van der Waals surface area contributed by atoms with E-state index in [4.69, 9.17) is 11.6 Å². The minimum atomic E-state index is -4.77. The Morgan fingerprint density at radius 2 is 1.77 bits per heavy atom. The van der Waals surface area contributed by atoms with Crippen molar-refractivity contribution in [3.05, 3.63) is 75.3 Å². The van der Waals surface area contributed by atoms with Crippen LogP contribution in [0.5, 0.6) is 0 Å². The maximum absolute atomic E-state index is 13.4. The third-order valence-corrected chi connectivity index (χ3v) is 5.27. The molecule has 1 fully saturated rings. The van der Waals surface area contributed by atoms with E-state index in [1.807, 2.05) is 6.92 Å². The molecule has 2 atom stereocenters. The van der Waals surface area contributed by atoms with E-state index in [1.54, 1.807) is 12.1 Å². The van der Waals surface area contributed by atoms with Gasteiger partial charge in [-0.25, -0.2) is 0 Å². The van der Waals surface area contributed by atoms with Crippen LogP contribution >= 0.6 is 11.6 Å². The summed E-state index contributed by atoms with van der Waals surface area (Å²) < 4.78 is 40.2. The summed E-state index contributed by atoms with van der Waals surface area (Å²) in [7, 11) is 0. The third kappa shape index (κ3) is 4.45. The fourth-order valence-electron chi connectivity index (χ4n) is 3.50. The molecule has 0 radical (unpaired) electrons. The molecule has 0 bridgehead atoms. The average molecular weight is 454 g/mol. The number of halogens is 4. The number of hydrogen-bond acceptors (Lipinski definition) is 4. The number of nitrogens with zero attached hydrogens (tertiary/aromatic N) is 1. The van der Waals surface area contributed by atoms with Crippen molar-refractivity contribution in [1.82, 2.24) is 4.90 Å². The molecule has 0 spiro atoms. The van der Waals surface area contributed by atoms with E-state index >= 15 is 0 Å². The Morgan fingerprint density at radius 1 is 1.16 bits per heavy atom. The summed E-state index contributed by atoms with van der Waals surface area (Å²) in [4.78, 5) is 26.4. The lowest BCUT2D eigenvalue weighted by atomic mass is 9.94. The smallest absolute Gasteiger partial charge is 0.417 e. The van der Waals surface area contributed by atoms with Crippen LogP contribution in [0, 0.1) is 6.92 Å². The van der Waals surface area contributed by atoms with E-state index in [9.17, 15) is 33.0 Å². The lowest BCUT2D eigenvalue weighted by molar-refractivity contribution is -0.140. The molecule has 2 aromatic carbocycles. The molecule has 0 saturated carbocycles. The Bertz CT molecular complexity index is 1060. The summed E-state index contributed by atoms with van der Waals surface area (Å²) in [5, 5.41) is 20.1. The zero-order valence-corrected chi connectivity index (χ0v) is 17.3. The minimum Gasteiger partial charge on any atom is -0.507 e. The first-order valence-corrected chi connectivity index (χ1v) is 9.69. The Hall–Kier alpha value is -2.84. The van der Waals surface area contributed by atoms with Gasteiger partial charge in [-0.05, 0) is 31.5 Å². The van der Waals surface area contributed by atoms with Crippen LogP contribution in [0.4, 0.5) is 13.2 Å². The van der Waals surface area contributed by atoms with Crippen molar-refractivity contribution in [3.63, 3.8) is 0 Å². The van der Waals surface area contributed by atoms with Gasteiger partial charge in [0.05, 0.1) is 28.3 Å². The maximum Gasteiger partial charge on any atom is 0.417 e. The van der Waals surface area contributed by atoms with Crippen molar-refractivity contribution in [1.29, 1.82) is 0 Å². The van der Waals surface area contributed by atoms with Gasteiger partial charge in [-0.1, -0.05) is 47.5 Å². The standard InChI is InChI=1S/C22H19ClF3NO4/c1-11-3-5-13(6-4-11)19(29)17-18(27(10-12(2)28)21(31)20(17)30)14-7-8-16(23)15(9-14)22(24,25)26/h3-9,12,18,28-29H,10H2,1-2H3. The zero-order valence-electron chi connectivity index (χ0n) is 16.6. The third-order valence-electron chi connectivity index (χ3n) is 4.94. The highest BCUT2D eigenvalue weighted by Gasteiger charge is 2.47. The molecule has 9 heteroatoms. The molecule has 1 aliphatic heterocycles. The number of alkyl halides is 3. The van der Waals surface area contributed by atoms with Crippen molar-refractivity contribution in [2.24, 2.45) is 0 Å². The van der Waals surface area contributed by atoms with E-state index in [2.05, 4.69) is 0 Å². The normalized spacial score (nSPS) is 19.7. The topological polar surface area (TPSA) is 77.8 Å². The molecular formula is C22H19ClF3NO4. The van der Waals surface area contributed by atoms with E-state index in [1.165, 1.54) is 25.1 Å². The number of aryl methyl sites for hydroxylation is 1. The Labute approximate surface area is 181 Å². The van der Waals surface area contributed by atoms with Crippen LogP contribution in [0.3, 0.4) is 0 Å². The quantitative estimate of drug-likeness (QED) is 0.407. The van der Waals surface area contributed by atoms with Crippen LogP contribution in [0.2, 0.25) is 5.02 Å². The molecule has 1 saturated heterocycles. The summed E-state index contributed by atoms with van der Waals surface area (Å²) in [6.07, 6.45) is -5.83. The average Bonchev–Trinajstić information content (AvgIpc) is 2.92. The largest absolute Gasteiger partial charge is 0.507 e. The van der Waals surface area contributed by atoms with Crippen molar-refractivity contribution in [2.45, 2.75) is 32.2 Å². The van der Waals surface area contributed by atoms with Gasteiger partial charge in [-0.15, -0.1) is 0 Å². The second-order valence-electron chi connectivity index (χ2n) is 7.40. The number of carbonyl (C=O) groups is 2. The predicted octanol–water partition coefficient (Wildman–Crippen LogP) is 4.47. The van der Waals surface area contributed by atoms with Gasteiger partial charge in [-0.3, -0.25) is 9.59 Å². The highest BCUT2D eigenvalue weighted by atomic mass is 35.5. The van der Waals surface area contributed by atoms with Gasteiger partial charge in [-0.2, -0.15) is 13.2 Å². The van der Waals surface area contributed by atoms with E-state index in [0.29, 0.717) is 0 Å². The van der Waals surface area contributed by atoms with E-state index in [-0.39, 0.29) is 23.2 Å². The highest BCUT2D eigenvalue weighted by Crippen LogP contribution is 2.42. The Kier molecular flexibility index (Phi) is 6.16. The first kappa shape index (κ1) is 22.8. The molecule has 5 nitrogen and oxygen atoms in total. The van der Waals surface area contributed by atoms with Crippen molar-refractivity contribution in [2.75, 3.05) is 6.54 Å². The predicted molar refractivity (Wildman–Crippen MR) is 108 cm³/mol. The lowest BCUT2D eigenvalue weighted by Gasteiger charge is -2.27. The van der Waals surface area contributed by atoms with Crippen LogP contribution in [0.25, 0.3) is 5.76 Å². The molecule has 2 aromatic rings. The number of aliphatic hydroxyl groups excluding tert-OH is 2. The van der Waals surface area contributed by atoms with Crippen LogP contribution in [0.15, 0.2) is 48.0 Å². The summed E-state index contributed by atoms with van der Waals surface area (Å²) in [5.74, 6) is -2.59. The molecule has 1 heterocycles. The number of likely N-dealkylation sites (tertiary alicyclic amines) is 1. The number of Topliss-reactive ketones (excluding diaryl/α,β-unsaturated/α-hetero) is 1. The molecule has 3 rings (SSSR count). The van der Waals surface area contributed by atoms with E-state index < -0.39 is 46.4 Å². The lowest BCUT2D eigenvalue weighted by Crippen LogP contribution is -2.35. The number of aliphatic hydroxyl groups is 2. The van der Waals surface area contributed by atoms with Gasteiger partial charge in [0.2, 0.25) is 0 Å². The number of amides is 1. The molecule has 2 N–H and O–H groups in total. The first-order chi connectivity index (χ1) is 14.4. The van der Waals surface area contributed by atoms with Crippen LogP contribution in [0.1, 0.15) is 35.2 Å². The number of hydrogen-bond donors (Lipinski definition) is 2. The summed E-state index contributed by atoms with van der Waals surface area (Å²) in [6.45, 7) is 2.88. The second kappa shape index (κ2) is 8.36. The van der Waals surface area contributed by atoms with Gasteiger partial charge >= 0.3 is 6.18 Å². The zero-order chi connectivity index (χ0) is 23.1. The summed E-state index contributed by atoms with van der Waals surface area (Å²) in [5.41, 5.74) is -0.439. The molecule has 0 aromatic heterocycles. The molecular weight excluding hydrogens is 435 g/mol. The Morgan fingerprint density at radius 3 is 2.32 bits per heavy atom. The van der Waals surface area contributed by atoms with Gasteiger partial charge in [0.25, 0.3) is 11.7 Å². The first-order valence-electron chi connectivity index (χ1n) is 9.32. The van der Waals surface area contributed by atoms with Gasteiger partial charge in [0.15, 0.2) is 0 Å². The molecule has 1 amide bonds. The molecule has 0 aliphatic carbocycles. The van der Waals surface area contributed by atoms with Crippen molar-refractivity contribution in [3.8, 4) is 0 Å². The van der Waals surface area contributed by atoms with E-state index in [0.717, 1.165) is 22.6 Å². The molecule has 1 aliphatic rings. The van der Waals surface area contributed by atoms with Crippen molar-refractivity contribution >= 4 is 29.1 Å². The van der Waals surface area contributed by atoms with Gasteiger partial charge in [0.1, 0.15) is 5.76 Å². The number of benzene rings is 2. The number of β-amino-alcohol motifs (C(OH)–C–C–N with tert-alkyl or cyclic N) is 1. The fraction of sp³-hybridized carbons (Fsp3) is 0.273. The van der Waals surface area contributed by atoms with Crippen LogP contribution in [-0.4, -0.2) is 39.5 Å². The van der Waals surface area contributed by atoms with Crippen LogP contribution in [-0.2, 0) is 15.8 Å². The number of ketones is 1. The van der Waals surface area contributed by atoms with Gasteiger partial charge in [0, 0.05) is 12.1 Å². The summed E-state index contributed by atoms with van der Waals surface area (Å²) >= 11 is 5.71. The maximum atomic E-state index is 13.4. The molecule has 31 heavy (non-hydrogen) atoms. The minimum absolute atomic E-state index is 0.0646. The summed E-state index contributed by atoms with van der Waals surface area (Å²) in [6, 6.07) is 8.13. The van der Waals surface area contributed by atoms with Crippen molar-refractivity contribution < 1.29 is 33.0 Å². The SMILES string of the molecule is Cc1ccc(C(O)=C2C(=O)C(=O)N(CC(C)O)C2c2ccc(Cl)c(C(F)(F)F)c2)cc1. The van der Waals surface area contributed by atoms with Crippen LogP contribution < -0.4 is 0 Å².